The predicted molar refractivity (Wildman–Crippen MR) is 69.5 cm³/mol. The van der Waals surface area contributed by atoms with Crippen molar-refractivity contribution in [2.24, 2.45) is 0 Å². The lowest BCUT2D eigenvalue weighted by Gasteiger charge is -2.13. The summed E-state index contributed by atoms with van der Waals surface area (Å²) in [6.45, 7) is 7.80. The van der Waals surface area contributed by atoms with Gasteiger partial charge in [0.25, 0.3) is 5.91 Å². The topological polar surface area (TPSA) is 55.4 Å². The quantitative estimate of drug-likeness (QED) is 0.830. The molecular weight excluding hydrogens is 230 g/mol. The van der Waals surface area contributed by atoms with Crippen LogP contribution in [0.4, 0.5) is 0 Å². The normalized spacial score (nSPS) is 11.8. The Hall–Kier alpha value is -1.84. The van der Waals surface area contributed by atoms with Crippen LogP contribution in [0.1, 0.15) is 35.3 Å². The van der Waals surface area contributed by atoms with Crippen LogP contribution >= 0.6 is 0 Å². The van der Waals surface area contributed by atoms with Gasteiger partial charge in [0.15, 0.2) is 6.10 Å². The number of rotatable bonds is 4. The van der Waals surface area contributed by atoms with Gasteiger partial charge in [0.1, 0.15) is 0 Å². The molecule has 0 radical (unpaired) electrons. The van der Waals surface area contributed by atoms with E-state index in [9.17, 15) is 9.59 Å². The smallest absolute Gasteiger partial charge is 0.338 e. The highest BCUT2D eigenvalue weighted by Crippen LogP contribution is 2.11. The van der Waals surface area contributed by atoms with Crippen molar-refractivity contribution in [2.45, 2.75) is 33.8 Å². The van der Waals surface area contributed by atoms with E-state index in [1.165, 1.54) is 0 Å². The lowest BCUT2D eigenvalue weighted by molar-refractivity contribution is -0.128. The predicted octanol–water partition coefficient (Wildman–Crippen LogP) is 1.98. The zero-order valence-electron chi connectivity index (χ0n) is 11.2. The lowest BCUT2D eigenvalue weighted by atomic mass is 10.1. The van der Waals surface area contributed by atoms with Gasteiger partial charge < -0.3 is 10.1 Å². The zero-order valence-corrected chi connectivity index (χ0v) is 11.2. The first-order chi connectivity index (χ1) is 8.45. The highest BCUT2D eigenvalue weighted by molar-refractivity contribution is 5.92. The zero-order chi connectivity index (χ0) is 13.7. The van der Waals surface area contributed by atoms with Crippen LogP contribution in [0.5, 0.6) is 0 Å². The van der Waals surface area contributed by atoms with Crippen molar-refractivity contribution in [3.05, 3.63) is 34.9 Å². The number of hydrogen-bond acceptors (Lipinski definition) is 3. The van der Waals surface area contributed by atoms with Crippen molar-refractivity contribution in [2.75, 3.05) is 6.54 Å². The van der Waals surface area contributed by atoms with Crippen LogP contribution in [-0.2, 0) is 9.53 Å². The first-order valence-electron chi connectivity index (χ1n) is 6.01. The third-order valence-electron chi connectivity index (χ3n) is 2.75. The molecule has 98 valence electrons. The number of esters is 1. The third-order valence-corrected chi connectivity index (χ3v) is 2.75. The Bertz CT molecular complexity index is 454. The van der Waals surface area contributed by atoms with Gasteiger partial charge in [-0.3, -0.25) is 4.79 Å². The maximum absolute atomic E-state index is 11.8. The van der Waals surface area contributed by atoms with E-state index in [0.717, 1.165) is 11.1 Å². The summed E-state index contributed by atoms with van der Waals surface area (Å²) in [4.78, 5) is 23.3. The number of likely N-dealkylation sites (N-methyl/N-ethyl adjacent to an activating group) is 1. The molecule has 1 rings (SSSR count). The molecule has 1 amide bonds. The average molecular weight is 249 g/mol. The molecule has 1 aromatic carbocycles. The van der Waals surface area contributed by atoms with Crippen molar-refractivity contribution in [1.29, 1.82) is 0 Å². The molecule has 0 saturated heterocycles. The van der Waals surface area contributed by atoms with Gasteiger partial charge in [-0.1, -0.05) is 6.07 Å². The lowest BCUT2D eigenvalue weighted by Crippen LogP contribution is -2.35. The summed E-state index contributed by atoms with van der Waals surface area (Å²) >= 11 is 0. The molecule has 4 nitrogen and oxygen atoms in total. The number of aryl methyl sites for hydroxylation is 2. The minimum absolute atomic E-state index is 0.283. The van der Waals surface area contributed by atoms with E-state index in [4.69, 9.17) is 4.74 Å². The molecule has 0 aliphatic carbocycles. The second-order valence-electron chi connectivity index (χ2n) is 4.24. The number of benzene rings is 1. The minimum atomic E-state index is -0.779. The molecule has 0 unspecified atom stereocenters. The van der Waals surface area contributed by atoms with E-state index >= 15 is 0 Å². The van der Waals surface area contributed by atoms with Crippen LogP contribution in [0.25, 0.3) is 0 Å². The van der Waals surface area contributed by atoms with E-state index in [0.29, 0.717) is 12.1 Å². The summed E-state index contributed by atoms with van der Waals surface area (Å²) in [6, 6.07) is 5.33. The highest BCUT2D eigenvalue weighted by Gasteiger charge is 2.18. The van der Waals surface area contributed by atoms with Crippen LogP contribution in [0.15, 0.2) is 18.2 Å². The Balaban J connectivity index is 2.70. The fourth-order valence-electron chi connectivity index (χ4n) is 1.47. The molecule has 0 aliphatic heterocycles. The van der Waals surface area contributed by atoms with Gasteiger partial charge in [0.05, 0.1) is 5.56 Å². The second-order valence-corrected chi connectivity index (χ2v) is 4.24. The first kappa shape index (κ1) is 14.2. The number of hydrogen-bond donors (Lipinski definition) is 1. The van der Waals surface area contributed by atoms with Crippen LogP contribution < -0.4 is 5.32 Å². The molecule has 0 saturated carbocycles. The van der Waals surface area contributed by atoms with Gasteiger partial charge in [-0.25, -0.2) is 4.79 Å². The molecule has 1 aromatic rings. The van der Waals surface area contributed by atoms with E-state index in [1.807, 2.05) is 26.8 Å². The molecule has 0 spiro atoms. The van der Waals surface area contributed by atoms with Gasteiger partial charge >= 0.3 is 5.97 Å². The summed E-state index contributed by atoms with van der Waals surface area (Å²) < 4.78 is 5.09. The van der Waals surface area contributed by atoms with E-state index in [1.54, 1.807) is 19.1 Å². The standard InChI is InChI=1S/C14H19NO3/c1-5-15-13(16)11(4)18-14(17)12-7-6-9(2)10(3)8-12/h6-8,11H,5H2,1-4H3,(H,15,16)/t11-/m1/s1. The molecule has 0 fully saturated rings. The van der Waals surface area contributed by atoms with Gasteiger partial charge in [0, 0.05) is 6.54 Å². The summed E-state index contributed by atoms with van der Waals surface area (Å²) in [5.41, 5.74) is 2.60. The van der Waals surface area contributed by atoms with Crippen molar-refractivity contribution < 1.29 is 14.3 Å². The number of amides is 1. The van der Waals surface area contributed by atoms with E-state index in [-0.39, 0.29) is 5.91 Å². The van der Waals surface area contributed by atoms with Crippen LogP contribution in [-0.4, -0.2) is 24.5 Å². The summed E-state index contributed by atoms with van der Waals surface area (Å²) in [7, 11) is 0. The molecule has 1 N–H and O–H groups in total. The molecular formula is C14H19NO3. The second kappa shape index (κ2) is 6.19. The highest BCUT2D eigenvalue weighted by atomic mass is 16.5. The van der Waals surface area contributed by atoms with Crippen LogP contribution in [0.2, 0.25) is 0 Å². The monoisotopic (exact) mass is 249 g/mol. The Labute approximate surface area is 107 Å². The van der Waals surface area contributed by atoms with Gasteiger partial charge in [-0.05, 0) is 51.0 Å². The molecule has 1 atom stereocenters. The van der Waals surface area contributed by atoms with Crippen LogP contribution in [0, 0.1) is 13.8 Å². The Morgan fingerprint density at radius 1 is 1.28 bits per heavy atom. The van der Waals surface area contributed by atoms with E-state index in [2.05, 4.69) is 5.32 Å². The fourth-order valence-corrected chi connectivity index (χ4v) is 1.47. The van der Waals surface area contributed by atoms with Crippen molar-refractivity contribution in [1.82, 2.24) is 5.32 Å². The van der Waals surface area contributed by atoms with Crippen molar-refractivity contribution in [3.8, 4) is 0 Å². The summed E-state index contributed by atoms with van der Waals surface area (Å²) in [6.07, 6.45) is -0.779. The molecule has 0 heterocycles. The first-order valence-corrected chi connectivity index (χ1v) is 6.01. The maximum Gasteiger partial charge on any atom is 0.338 e. The SMILES string of the molecule is CCNC(=O)[C@@H](C)OC(=O)c1ccc(C)c(C)c1. The fraction of sp³-hybridized carbons (Fsp3) is 0.429. The molecule has 0 bridgehead atoms. The Morgan fingerprint density at radius 2 is 1.94 bits per heavy atom. The van der Waals surface area contributed by atoms with Gasteiger partial charge in [-0.15, -0.1) is 0 Å². The van der Waals surface area contributed by atoms with Crippen molar-refractivity contribution >= 4 is 11.9 Å². The summed E-state index contributed by atoms with van der Waals surface area (Å²) in [5.74, 6) is -0.758. The largest absolute Gasteiger partial charge is 0.449 e. The number of ether oxygens (including phenoxy) is 1. The minimum Gasteiger partial charge on any atom is -0.449 e. The Morgan fingerprint density at radius 3 is 2.50 bits per heavy atom. The molecule has 4 heteroatoms. The molecule has 18 heavy (non-hydrogen) atoms. The molecule has 0 aliphatic rings. The average Bonchev–Trinajstić information content (AvgIpc) is 2.32. The van der Waals surface area contributed by atoms with Gasteiger partial charge in [0.2, 0.25) is 0 Å². The van der Waals surface area contributed by atoms with Crippen LogP contribution in [0.3, 0.4) is 0 Å². The Kier molecular flexibility index (Phi) is 4.89. The third kappa shape index (κ3) is 3.58. The van der Waals surface area contributed by atoms with E-state index < -0.39 is 12.1 Å². The number of carbonyl (C=O) groups is 2. The molecule has 0 aromatic heterocycles. The van der Waals surface area contributed by atoms with Gasteiger partial charge in [-0.2, -0.15) is 0 Å². The number of nitrogens with one attached hydrogen (secondary N) is 1. The summed E-state index contributed by atoms with van der Waals surface area (Å²) in [5, 5.41) is 2.61. The number of carbonyl (C=O) groups excluding carboxylic acids is 2. The maximum atomic E-state index is 11.8. The van der Waals surface area contributed by atoms with Crippen molar-refractivity contribution in [3.63, 3.8) is 0 Å².